The van der Waals surface area contributed by atoms with Gasteiger partial charge in [0.1, 0.15) is 5.75 Å². The zero-order chi connectivity index (χ0) is 13.2. The molecule has 3 nitrogen and oxygen atoms in total. The number of carbonyl (C=O) groups excluding carboxylic acids is 1. The second-order valence-corrected chi connectivity index (χ2v) is 4.43. The second kappa shape index (κ2) is 4.58. The molecule has 0 saturated carbocycles. The van der Waals surface area contributed by atoms with Crippen molar-refractivity contribution in [2.45, 2.75) is 6.42 Å². The SMILES string of the molecule is N#Cc1cccc(-c2ccc3c(c2)C(=O)CCO3)c1. The van der Waals surface area contributed by atoms with E-state index in [1.807, 2.05) is 36.4 Å². The van der Waals surface area contributed by atoms with E-state index in [1.54, 1.807) is 6.07 Å². The summed E-state index contributed by atoms with van der Waals surface area (Å²) in [4.78, 5) is 11.9. The number of ketones is 1. The molecule has 0 spiro atoms. The van der Waals surface area contributed by atoms with Crippen LogP contribution in [0.25, 0.3) is 11.1 Å². The maximum absolute atomic E-state index is 11.9. The van der Waals surface area contributed by atoms with E-state index in [0.29, 0.717) is 29.9 Å². The van der Waals surface area contributed by atoms with Crippen LogP contribution in [-0.2, 0) is 0 Å². The van der Waals surface area contributed by atoms with Gasteiger partial charge in [0, 0.05) is 6.42 Å². The molecule has 2 aromatic rings. The quantitative estimate of drug-likeness (QED) is 0.779. The van der Waals surface area contributed by atoms with E-state index in [4.69, 9.17) is 10.00 Å². The highest BCUT2D eigenvalue weighted by Gasteiger charge is 2.18. The third kappa shape index (κ3) is 2.09. The second-order valence-electron chi connectivity index (χ2n) is 4.43. The lowest BCUT2D eigenvalue weighted by molar-refractivity contribution is 0.0933. The van der Waals surface area contributed by atoms with Crippen LogP contribution in [0.5, 0.6) is 5.75 Å². The minimum absolute atomic E-state index is 0.111. The highest BCUT2D eigenvalue weighted by atomic mass is 16.5. The van der Waals surface area contributed by atoms with Crippen LogP contribution in [0, 0.1) is 11.3 Å². The fraction of sp³-hybridized carbons (Fsp3) is 0.125. The van der Waals surface area contributed by atoms with Crippen LogP contribution in [0.1, 0.15) is 22.3 Å². The van der Waals surface area contributed by atoms with Crippen molar-refractivity contribution < 1.29 is 9.53 Å². The molecule has 2 aromatic carbocycles. The molecule has 0 bridgehead atoms. The molecule has 0 saturated heterocycles. The van der Waals surface area contributed by atoms with Gasteiger partial charge in [0.25, 0.3) is 0 Å². The number of nitriles is 1. The molecule has 92 valence electrons. The van der Waals surface area contributed by atoms with E-state index in [-0.39, 0.29) is 5.78 Å². The minimum atomic E-state index is 0.111. The largest absolute Gasteiger partial charge is 0.492 e. The normalized spacial score (nSPS) is 13.3. The number of hydrogen-bond acceptors (Lipinski definition) is 3. The molecular formula is C16H11NO2. The van der Waals surface area contributed by atoms with Gasteiger partial charge in [-0.2, -0.15) is 5.26 Å². The molecule has 3 rings (SSSR count). The lowest BCUT2D eigenvalue weighted by Gasteiger charge is -2.17. The lowest BCUT2D eigenvalue weighted by atomic mass is 9.97. The van der Waals surface area contributed by atoms with Gasteiger partial charge in [0.05, 0.1) is 23.8 Å². The van der Waals surface area contributed by atoms with Gasteiger partial charge in [-0.15, -0.1) is 0 Å². The molecule has 1 aliphatic rings. The summed E-state index contributed by atoms with van der Waals surface area (Å²) >= 11 is 0. The molecular weight excluding hydrogens is 238 g/mol. The van der Waals surface area contributed by atoms with Crippen molar-refractivity contribution in [2.75, 3.05) is 6.61 Å². The molecule has 0 fully saturated rings. The monoisotopic (exact) mass is 249 g/mol. The first-order valence-corrected chi connectivity index (χ1v) is 6.08. The molecule has 0 unspecified atom stereocenters. The van der Waals surface area contributed by atoms with Crippen LogP contribution < -0.4 is 4.74 Å². The third-order valence-corrected chi connectivity index (χ3v) is 3.19. The summed E-state index contributed by atoms with van der Waals surface area (Å²) < 4.78 is 5.46. The number of hydrogen-bond donors (Lipinski definition) is 0. The van der Waals surface area contributed by atoms with Crippen molar-refractivity contribution >= 4 is 5.78 Å². The Kier molecular flexibility index (Phi) is 2.77. The van der Waals surface area contributed by atoms with E-state index in [1.165, 1.54) is 0 Å². The van der Waals surface area contributed by atoms with Gasteiger partial charge in [-0.25, -0.2) is 0 Å². The average Bonchev–Trinajstić information content (AvgIpc) is 2.47. The Morgan fingerprint density at radius 3 is 2.79 bits per heavy atom. The lowest BCUT2D eigenvalue weighted by Crippen LogP contribution is -2.15. The van der Waals surface area contributed by atoms with Gasteiger partial charge in [-0.3, -0.25) is 4.79 Å². The van der Waals surface area contributed by atoms with Gasteiger partial charge in [-0.1, -0.05) is 18.2 Å². The first-order valence-electron chi connectivity index (χ1n) is 6.08. The first-order chi connectivity index (χ1) is 9.28. The van der Waals surface area contributed by atoms with Crippen molar-refractivity contribution in [3.05, 3.63) is 53.6 Å². The molecule has 19 heavy (non-hydrogen) atoms. The molecule has 0 radical (unpaired) electrons. The molecule has 0 aromatic heterocycles. The molecule has 0 atom stereocenters. The summed E-state index contributed by atoms with van der Waals surface area (Å²) in [6.07, 6.45) is 0.425. The smallest absolute Gasteiger partial charge is 0.170 e. The van der Waals surface area contributed by atoms with Crippen molar-refractivity contribution in [1.29, 1.82) is 5.26 Å². The molecule has 1 heterocycles. The Balaban J connectivity index is 2.09. The van der Waals surface area contributed by atoms with Crippen LogP contribution in [0.3, 0.4) is 0 Å². The summed E-state index contributed by atoms with van der Waals surface area (Å²) in [5.41, 5.74) is 3.10. The molecule has 0 N–H and O–H groups in total. The maximum atomic E-state index is 11.9. The predicted molar refractivity (Wildman–Crippen MR) is 71.0 cm³/mol. The van der Waals surface area contributed by atoms with Crippen molar-refractivity contribution in [1.82, 2.24) is 0 Å². The Bertz CT molecular complexity index is 698. The number of nitrogens with zero attached hydrogens (tertiary/aromatic N) is 1. The van der Waals surface area contributed by atoms with E-state index < -0.39 is 0 Å². The highest BCUT2D eigenvalue weighted by Crippen LogP contribution is 2.30. The fourth-order valence-corrected chi connectivity index (χ4v) is 2.21. The molecule has 3 heteroatoms. The van der Waals surface area contributed by atoms with E-state index in [9.17, 15) is 4.79 Å². The van der Waals surface area contributed by atoms with E-state index in [2.05, 4.69) is 6.07 Å². The number of Topliss-reactive ketones (excluding diaryl/α,β-unsaturated/α-hetero) is 1. The summed E-state index contributed by atoms with van der Waals surface area (Å²) in [6, 6.07) is 15.0. The number of carbonyl (C=O) groups is 1. The van der Waals surface area contributed by atoms with Crippen molar-refractivity contribution in [3.63, 3.8) is 0 Å². The minimum Gasteiger partial charge on any atom is -0.492 e. The number of rotatable bonds is 1. The standard InChI is InChI=1S/C16H11NO2/c17-10-11-2-1-3-12(8-11)13-4-5-16-14(9-13)15(18)6-7-19-16/h1-5,8-9H,6-7H2. The third-order valence-electron chi connectivity index (χ3n) is 3.19. The summed E-state index contributed by atoms with van der Waals surface area (Å²) in [6.45, 7) is 0.453. The summed E-state index contributed by atoms with van der Waals surface area (Å²) in [7, 11) is 0. The Morgan fingerprint density at radius 2 is 1.95 bits per heavy atom. The highest BCUT2D eigenvalue weighted by molar-refractivity contribution is 6.00. The van der Waals surface area contributed by atoms with Gasteiger partial charge < -0.3 is 4.74 Å². The van der Waals surface area contributed by atoms with Gasteiger partial charge in [0.2, 0.25) is 0 Å². The summed E-state index contributed by atoms with van der Waals surface area (Å²) in [5.74, 6) is 0.760. The van der Waals surface area contributed by atoms with Gasteiger partial charge in [-0.05, 0) is 35.4 Å². The molecule has 1 aliphatic heterocycles. The fourth-order valence-electron chi connectivity index (χ4n) is 2.21. The topological polar surface area (TPSA) is 50.1 Å². The number of ether oxygens (including phenoxy) is 1. The Labute approximate surface area is 111 Å². The number of fused-ring (bicyclic) bond motifs is 1. The van der Waals surface area contributed by atoms with Crippen LogP contribution in [0.4, 0.5) is 0 Å². The van der Waals surface area contributed by atoms with Crippen molar-refractivity contribution in [3.8, 4) is 22.9 Å². The van der Waals surface area contributed by atoms with Crippen LogP contribution in [0.2, 0.25) is 0 Å². The predicted octanol–water partition coefficient (Wildman–Crippen LogP) is 3.19. The average molecular weight is 249 g/mol. The van der Waals surface area contributed by atoms with E-state index in [0.717, 1.165) is 11.1 Å². The molecule has 0 amide bonds. The maximum Gasteiger partial charge on any atom is 0.170 e. The Morgan fingerprint density at radius 1 is 1.11 bits per heavy atom. The Hall–Kier alpha value is -2.60. The number of benzene rings is 2. The van der Waals surface area contributed by atoms with Crippen molar-refractivity contribution in [2.24, 2.45) is 0 Å². The zero-order valence-corrected chi connectivity index (χ0v) is 10.2. The van der Waals surface area contributed by atoms with Crippen LogP contribution in [-0.4, -0.2) is 12.4 Å². The van der Waals surface area contributed by atoms with Gasteiger partial charge >= 0.3 is 0 Å². The van der Waals surface area contributed by atoms with Gasteiger partial charge in [0.15, 0.2) is 5.78 Å². The summed E-state index contributed by atoms with van der Waals surface area (Å²) in [5, 5.41) is 8.92. The first kappa shape index (κ1) is 11.5. The van der Waals surface area contributed by atoms with Crippen LogP contribution >= 0.6 is 0 Å². The van der Waals surface area contributed by atoms with Crippen LogP contribution in [0.15, 0.2) is 42.5 Å². The van der Waals surface area contributed by atoms with E-state index >= 15 is 0 Å². The zero-order valence-electron chi connectivity index (χ0n) is 10.2. The molecule has 0 aliphatic carbocycles.